The van der Waals surface area contributed by atoms with Gasteiger partial charge >= 0.3 is 0 Å². The van der Waals surface area contributed by atoms with Crippen LogP contribution >= 0.6 is 0 Å². The monoisotopic (exact) mass is 244 g/mol. The van der Waals surface area contributed by atoms with Crippen molar-refractivity contribution in [2.45, 2.75) is 12.5 Å². The van der Waals surface area contributed by atoms with E-state index in [1.165, 1.54) is 0 Å². The molecule has 1 aliphatic heterocycles. The summed E-state index contributed by atoms with van der Waals surface area (Å²) in [5.74, 6) is 0.0777. The highest BCUT2D eigenvalue weighted by Gasteiger charge is 2.22. The van der Waals surface area contributed by atoms with Gasteiger partial charge in [0.05, 0.1) is 24.8 Å². The number of carbonyl (C=O) groups excluding carboxylic acids is 1. The van der Waals surface area contributed by atoms with E-state index in [0.717, 1.165) is 13.0 Å². The number of hydrogen-bond acceptors (Lipinski definition) is 4. The maximum Gasteiger partial charge on any atom is 0.176 e. The van der Waals surface area contributed by atoms with Crippen molar-refractivity contribution < 1.29 is 9.53 Å². The van der Waals surface area contributed by atoms with E-state index in [1.54, 1.807) is 24.3 Å². The molecule has 0 N–H and O–H groups in total. The highest BCUT2D eigenvalue weighted by molar-refractivity contribution is 5.97. The van der Waals surface area contributed by atoms with Crippen LogP contribution in [-0.2, 0) is 4.74 Å². The third kappa shape index (κ3) is 2.95. The van der Waals surface area contributed by atoms with Crippen LogP contribution in [0.5, 0.6) is 0 Å². The minimum atomic E-state index is 0.0777. The molecule has 1 heterocycles. The zero-order valence-corrected chi connectivity index (χ0v) is 10.4. The molecule has 1 fully saturated rings. The lowest BCUT2D eigenvalue weighted by molar-refractivity contribution is 0.0907. The molecule has 0 aromatic heterocycles. The van der Waals surface area contributed by atoms with E-state index < -0.39 is 0 Å². The maximum atomic E-state index is 12.0. The molecular weight excluding hydrogens is 228 g/mol. The smallest absolute Gasteiger partial charge is 0.176 e. The fourth-order valence-corrected chi connectivity index (χ4v) is 2.05. The largest absolute Gasteiger partial charge is 0.380 e. The Balaban J connectivity index is 1.96. The van der Waals surface area contributed by atoms with Crippen molar-refractivity contribution in [1.29, 1.82) is 5.26 Å². The lowest BCUT2D eigenvalue weighted by atomic mass is 10.1. The Morgan fingerprint density at radius 1 is 1.50 bits per heavy atom. The summed E-state index contributed by atoms with van der Waals surface area (Å²) in [5, 5.41) is 8.70. The zero-order chi connectivity index (χ0) is 13.0. The second-order valence-electron chi connectivity index (χ2n) is 4.54. The first-order chi connectivity index (χ1) is 8.70. The Bertz CT molecular complexity index is 456. The molecule has 4 nitrogen and oxygen atoms in total. The van der Waals surface area contributed by atoms with Gasteiger partial charge < -0.3 is 4.74 Å². The molecule has 1 aliphatic rings. The van der Waals surface area contributed by atoms with Crippen molar-refractivity contribution >= 4 is 5.78 Å². The molecule has 0 spiro atoms. The summed E-state index contributed by atoms with van der Waals surface area (Å²) >= 11 is 0. The molecule has 1 aromatic carbocycles. The van der Waals surface area contributed by atoms with Crippen molar-refractivity contribution in [3.63, 3.8) is 0 Å². The molecule has 1 unspecified atom stereocenters. The molecule has 0 amide bonds. The number of ketones is 1. The molecule has 2 rings (SSSR count). The highest BCUT2D eigenvalue weighted by atomic mass is 16.5. The molecule has 0 saturated carbocycles. The average Bonchev–Trinajstić information content (AvgIpc) is 2.92. The maximum absolute atomic E-state index is 12.0. The molecule has 1 aromatic rings. The number of carbonyl (C=O) groups is 1. The topological polar surface area (TPSA) is 53.3 Å². The normalized spacial score (nSPS) is 18.8. The highest BCUT2D eigenvalue weighted by Crippen LogP contribution is 2.12. The fourth-order valence-electron chi connectivity index (χ4n) is 2.05. The van der Waals surface area contributed by atoms with Crippen molar-refractivity contribution in [2.24, 2.45) is 0 Å². The molecule has 4 heteroatoms. The number of nitrogens with zero attached hydrogens (tertiary/aromatic N) is 2. The van der Waals surface area contributed by atoms with Gasteiger partial charge in [0, 0.05) is 18.2 Å². The van der Waals surface area contributed by atoms with Gasteiger partial charge in [-0.2, -0.15) is 5.26 Å². The number of hydrogen-bond donors (Lipinski definition) is 0. The molecule has 0 radical (unpaired) electrons. The number of ether oxygens (including phenoxy) is 1. The molecule has 94 valence electrons. The van der Waals surface area contributed by atoms with Crippen LogP contribution in [0.25, 0.3) is 0 Å². The number of likely N-dealkylation sites (N-methyl/N-ethyl adjacent to an activating group) is 1. The fraction of sp³-hybridized carbons (Fsp3) is 0.429. The quantitative estimate of drug-likeness (QED) is 0.752. The van der Waals surface area contributed by atoms with Crippen LogP contribution < -0.4 is 0 Å². The van der Waals surface area contributed by atoms with Crippen LogP contribution in [0.3, 0.4) is 0 Å². The molecule has 0 bridgehead atoms. The second kappa shape index (κ2) is 5.76. The molecule has 18 heavy (non-hydrogen) atoms. The first kappa shape index (κ1) is 12.7. The Morgan fingerprint density at radius 3 is 2.78 bits per heavy atom. The number of rotatable bonds is 4. The van der Waals surface area contributed by atoms with Crippen LogP contribution in [-0.4, -0.2) is 43.5 Å². The van der Waals surface area contributed by atoms with Crippen LogP contribution in [0, 0.1) is 11.3 Å². The van der Waals surface area contributed by atoms with E-state index in [1.807, 2.05) is 18.0 Å². The van der Waals surface area contributed by atoms with Gasteiger partial charge in [-0.05, 0) is 25.6 Å². The minimum Gasteiger partial charge on any atom is -0.380 e. The van der Waals surface area contributed by atoms with E-state index in [0.29, 0.717) is 30.3 Å². The summed E-state index contributed by atoms with van der Waals surface area (Å²) in [6.07, 6.45) is 0.983. The third-order valence-electron chi connectivity index (χ3n) is 3.26. The standard InChI is InChI=1S/C14H16N2O2/c1-16(13-6-7-18-10-13)9-14(17)12-4-2-11(8-15)3-5-12/h2-5,13H,6-7,9-10H2,1H3. The van der Waals surface area contributed by atoms with Gasteiger partial charge in [-0.3, -0.25) is 9.69 Å². The molecule has 0 aliphatic carbocycles. The van der Waals surface area contributed by atoms with E-state index >= 15 is 0 Å². The number of nitriles is 1. The van der Waals surface area contributed by atoms with Crippen molar-refractivity contribution in [2.75, 3.05) is 26.8 Å². The average molecular weight is 244 g/mol. The zero-order valence-electron chi connectivity index (χ0n) is 10.4. The van der Waals surface area contributed by atoms with Gasteiger partial charge in [0.15, 0.2) is 5.78 Å². The number of Topliss-reactive ketones (excluding diaryl/α,β-unsaturated/α-hetero) is 1. The summed E-state index contributed by atoms with van der Waals surface area (Å²) in [6.45, 7) is 1.87. The SMILES string of the molecule is CN(CC(=O)c1ccc(C#N)cc1)C1CCOC1. The molecule has 1 saturated heterocycles. The van der Waals surface area contributed by atoms with Gasteiger partial charge in [-0.15, -0.1) is 0 Å². The van der Waals surface area contributed by atoms with Gasteiger partial charge in [0.2, 0.25) is 0 Å². The lowest BCUT2D eigenvalue weighted by Gasteiger charge is -2.21. The molecular formula is C14H16N2O2. The van der Waals surface area contributed by atoms with Crippen LogP contribution in [0.15, 0.2) is 24.3 Å². The Labute approximate surface area is 107 Å². The minimum absolute atomic E-state index is 0.0777. The van der Waals surface area contributed by atoms with E-state index in [9.17, 15) is 4.79 Å². The predicted octanol–water partition coefficient (Wildman–Crippen LogP) is 1.46. The first-order valence-corrected chi connectivity index (χ1v) is 6.02. The van der Waals surface area contributed by atoms with E-state index in [2.05, 4.69) is 0 Å². The molecule has 1 atom stereocenters. The third-order valence-corrected chi connectivity index (χ3v) is 3.26. The first-order valence-electron chi connectivity index (χ1n) is 6.02. The van der Waals surface area contributed by atoms with Gasteiger partial charge in [0.25, 0.3) is 0 Å². The summed E-state index contributed by atoms with van der Waals surface area (Å²) in [6, 6.07) is 9.14. The summed E-state index contributed by atoms with van der Waals surface area (Å²) in [5.41, 5.74) is 1.23. The Hall–Kier alpha value is -1.70. The lowest BCUT2D eigenvalue weighted by Crippen LogP contribution is -2.36. The van der Waals surface area contributed by atoms with Crippen LogP contribution in [0.2, 0.25) is 0 Å². The van der Waals surface area contributed by atoms with Crippen LogP contribution in [0.4, 0.5) is 0 Å². The Kier molecular flexibility index (Phi) is 4.08. The van der Waals surface area contributed by atoms with Gasteiger partial charge in [-0.25, -0.2) is 0 Å². The van der Waals surface area contributed by atoms with Crippen molar-refractivity contribution in [3.8, 4) is 6.07 Å². The summed E-state index contributed by atoms with van der Waals surface area (Å²) < 4.78 is 5.31. The van der Waals surface area contributed by atoms with Gasteiger partial charge in [-0.1, -0.05) is 12.1 Å². The van der Waals surface area contributed by atoms with Gasteiger partial charge in [0.1, 0.15) is 0 Å². The second-order valence-corrected chi connectivity index (χ2v) is 4.54. The number of benzene rings is 1. The van der Waals surface area contributed by atoms with Crippen LogP contribution in [0.1, 0.15) is 22.3 Å². The van der Waals surface area contributed by atoms with E-state index in [4.69, 9.17) is 10.00 Å². The predicted molar refractivity (Wildman–Crippen MR) is 67.3 cm³/mol. The van der Waals surface area contributed by atoms with Crippen molar-refractivity contribution in [3.05, 3.63) is 35.4 Å². The Morgan fingerprint density at radius 2 is 2.22 bits per heavy atom. The summed E-state index contributed by atoms with van der Waals surface area (Å²) in [4.78, 5) is 14.1. The summed E-state index contributed by atoms with van der Waals surface area (Å²) in [7, 11) is 1.95. The van der Waals surface area contributed by atoms with E-state index in [-0.39, 0.29) is 5.78 Å². The van der Waals surface area contributed by atoms with Crippen molar-refractivity contribution in [1.82, 2.24) is 4.90 Å².